The van der Waals surface area contributed by atoms with E-state index >= 15 is 0 Å². The number of nitrogens with one attached hydrogen (secondary N) is 1. The molecule has 0 spiro atoms. The van der Waals surface area contributed by atoms with Crippen molar-refractivity contribution in [1.82, 2.24) is 14.5 Å². The van der Waals surface area contributed by atoms with Crippen molar-refractivity contribution in [2.45, 2.75) is 44.6 Å². The molecule has 0 aromatic heterocycles. The summed E-state index contributed by atoms with van der Waals surface area (Å²) in [7, 11) is -3.76. The molecule has 0 aliphatic carbocycles. The number of carbonyl (C=O) groups excluding carboxylic acids is 2. The zero-order valence-electron chi connectivity index (χ0n) is 19.5. The fourth-order valence-electron chi connectivity index (χ4n) is 4.31. The van der Waals surface area contributed by atoms with E-state index in [1.165, 1.54) is 23.4 Å². The van der Waals surface area contributed by atoms with Crippen LogP contribution in [0.1, 0.15) is 55.6 Å². The summed E-state index contributed by atoms with van der Waals surface area (Å²) in [5, 5.41) is 3.14. The smallest absolute Gasteiger partial charge is 0.251 e. The number of amides is 2. The lowest BCUT2D eigenvalue weighted by molar-refractivity contribution is -0.129. The van der Waals surface area contributed by atoms with Gasteiger partial charge in [0, 0.05) is 38.7 Å². The molecule has 1 unspecified atom stereocenters. The van der Waals surface area contributed by atoms with E-state index in [1.54, 1.807) is 17.0 Å². The largest absolute Gasteiger partial charge is 0.345 e. The molecule has 3 rings (SSSR count). The molecule has 1 saturated heterocycles. The molecular formula is C25H33N3O4S. The number of nitrogens with zero attached hydrogens (tertiary/aromatic N) is 2. The van der Waals surface area contributed by atoms with Gasteiger partial charge in [0.2, 0.25) is 15.9 Å². The SMILES string of the molecule is CCC(CC)C(NC(=O)c1cccc(S(=O)(=O)N2CCN(C(C)=O)CC2)c1)c1ccccc1. The molecule has 2 amide bonds. The van der Waals surface area contributed by atoms with E-state index in [-0.39, 0.29) is 41.8 Å². The summed E-state index contributed by atoms with van der Waals surface area (Å²) in [6.07, 6.45) is 1.83. The first-order valence-corrected chi connectivity index (χ1v) is 12.9. The molecule has 1 aliphatic rings. The van der Waals surface area contributed by atoms with Crippen LogP contribution in [0.4, 0.5) is 0 Å². The second-order valence-electron chi connectivity index (χ2n) is 8.38. The second kappa shape index (κ2) is 10.9. The van der Waals surface area contributed by atoms with E-state index in [2.05, 4.69) is 19.2 Å². The Kier molecular flexibility index (Phi) is 8.26. The Morgan fingerprint density at radius 3 is 2.15 bits per heavy atom. The zero-order valence-corrected chi connectivity index (χ0v) is 20.3. The van der Waals surface area contributed by atoms with Crippen LogP contribution in [0.5, 0.6) is 0 Å². The van der Waals surface area contributed by atoms with E-state index in [0.29, 0.717) is 18.7 Å². The van der Waals surface area contributed by atoms with Gasteiger partial charge in [-0.1, -0.05) is 63.1 Å². The average Bonchev–Trinajstić information content (AvgIpc) is 2.84. The first-order chi connectivity index (χ1) is 15.8. The molecule has 0 saturated carbocycles. The number of benzene rings is 2. The molecule has 0 radical (unpaired) electrons. The molecule has 2 aromatic carbocycles. The van der Waals surface area contributed by atoms with Crippen molar-refractivity contribution >= 4 is 21.8 Å². The Morgan fingerprint density at radius 2 is 1.58 bits per heavy atom. The van der Waals surface area contributed by atoms with Gasteiger partial charge in [-0.25, -0.2) is 8.42 Å². The average molecular weight is 472 g/mol. The number of hydrogen-bond donors (Lipinski definition) is 1. The molecule has 8 heteroatoms. The van der Waals surface area contributed by atoms with Gasteiger partial charge in [-0.2, -0.15) is 4.31 Å². The highest BCUT2D eigenvalue weighted by Gasteiger charge is 2.30. The quantitative estimate of drug-likeness (QED) is 0.639. The standard InChI is InChI=1S/C25H33N3O4S/c1-4-20(5-2)24(21-10-7-6-8-11-21)26-25(30)22-12-9-13-23(18-22)33(31,32)28-16-14-27(15-17-28)19(3)29/h6-13,18,20,24H,4-5,14-17H2,1-3H3,(H,26,30). The number of hydrogen-bond acceptors (Lipinski definition) is 4. The van der Waals surface area contributed by atoms with Crippen LogP contribution >= 0.6 is 0 Å². The molecule has 7 nitrogen and oxygen atoms in total. The third-order valence-electron chi connectivity index (χ3n) is 6.38. The minimum Gasteiger partial charge on any atom is -0.345 e. The molecule has 2 aromatic rings. The van der Waals surface area contributed by atoms with Crippen molar-refractivity contribution in [2.75, 3.05) is 26.2 Å². The van der Waals surface area contributed by atoms with Crippen molar-refractivity contribution in [2.24, 2.45) is 5.92 Å². The highest BCUT2D eigenvalue weighted by Crippen LogP contribution is 2.28. The summed E-state index contributed by atoms with van der Waals surface area (Å²) >= 11 is 0. The summed E-state index contributed by atoms with van der Waals surface area (Å²) in [6.45, 7) is 6.90. The number of sulfonamides is 1. The van der Waals surface area contributed by atoms with E-state index in [1.807, 2.05) is 30.3 Å². The Hall–Kier alpha value is -2.71. The highest BCUT2D eigenvalue weighted by atomic mass is 32.2. The molecule has 0 bridgehead atoms. The maximum Gasteiger partial charge on any atom is 0.251 e. The lowest BCUT2D eigenvalue weighted by Gasteiger charge is -2.33. The van der Waals surface area contributed by atoms with Crippen LogP contribution < -0.4 is 5.32 Å². The van der Waals surface area contributed by atoms with Gasteiger partial charge in [0.15, 0.2) is 0 Å². The molecule has 1 heterocycles. The molecule has 1 atom stereocenters. The van der Waals surface area contributed by atoms with Crippen LogP contribution in [-0.4, -0.2) is 55.6 Å². The summed E-state index contributed by atoms with van der Waals surface area (Å²) in [5.41, 5.74) is 1.34. The Labute approximate surface area is 196 Å². The third-order valence-corrected chi connectivity index (χ3v) is 8.28. The predicted molar refractivity (Wildman–Crippen MR) is 128 cm³/mol. The van der Waals surface area contributed by atoms with Gasteiger partial charge in [-0.05, 0) is 29.7 Å². The molecule has 1 aliphatic heterocycles. The first-order valence-electron chi connectivity index (χ1n) is 11.5. The summed E-state index contributed by atoms with van der Waals surface area (Å²) in [5.74, 6) is -0.0915. The van der Waals surface area contributed by atoms with Crippen LogP contribution in [-0.2, 0) is 14.8 Å². The fraction of sp³-hybridized carbons (Fsp3) is 0.440. The van der Waals surface area contributed by atoms with Gasteiger partial charge in [-0.3, -0.25) is 9.59 Å². The van der Waals surface area contributed by atoms with Crippen LogP contribution in [0.3, 0.4) is 0 Å². The highest BCUT2D eigenvalue weighted by molar-refractivity contribution is 7.89. The summed E-state index contributed by atoms with van der Waals surface area (Å²) in [6, 6.07) is 15.9. The Bertz CT molecular complexity index is 1060. The lowest BCUT2D eigenvalue weighted by Crippen LogP contribution is -2.49. The first kappa shape index (κ1) is 24.9. The number of rotatable bonds is 8. The minimum absolute atomic E-state index is 0.0591. The molecule has 1 fully saturated rings. The molecule has 33 heavy (non-hydrogen) atoms. The second-order valence-corrected chi connectivity index (χ2v) is 10.3. The number of carbonyl (C=O) groups is 2. The third kappa shape index (κ3) is 5.81. The van der Waals surface area contributed by atoms with Crippen LogP contribution in [0.2, 0.25) is 0 Å². The van der Waals surface area contributed by atoms with Gasteiger partial charge < -0.3 is 10.2 Å². The fourth-order valence-corrected chi connectivity index (χ4v) is 5.78. The Morgan fingerprint density at radius 1 is 0.939 bits per heavy atom. The maximum atomic E-state index is 13.2. The van der Waals surface area contributed by atoms with Gasteiger partial charge >= 0.3 is 0 Å². The van der Waals surface area contributed by atoms with Crippen molar-refractivity contribution in [3.8, 4) is 0 Å². The lowest BCUT2D eigenvalue weighted by atomic mass is 9.88. The van der Waals surface area contributed by atoms with Crippen molar-refractivity contribution in [3.63, 3.8) is 0 Å². The predicted octanol–water partition coefficient (Wildman–Crippen LogP) is 3.45. The van der Waals surface area contributed by atoms with Crippen molar-refractivity contribution < 1.29 is 18.0 Å². The maximum absolute atomic E-state index is 13.2. The van der Waals surface area contributed by atoms with Crippen LogP contribution in [0.25, 0.3) is 0 Å². The summed E-state index contributed by atoms with van der Waals surface area (Å²) in [4.78, 5) is 26.4. The van der Waals surface area contributed by atoms with E-state index in [0.717, 1.165) is 18.4 Å². The normalized spacial score (nSPS) is 15.9. The topological polar surface area (TPSA) is 86.8 Å². The van der Waals surface area contributed by atoms with E-state index in [9.17, 15) is 18.0 Å². The van der Waals surface area contributed by atoms with E-state index in [4.69, 9.17) is 0 Å². The minimum atomic E-state index is -3.76. The van der Waals surface area contributed by atoms with Gasteiger partial charge in [0.25, 0.3) is 5.91 Å². The zero-order chi connectivity index (χ0) is 24.0. The number of piperazine rings is 1. The Balaban J connectivity index is 1.80. The molecular weight excluding hydrogens is 438 g/mol. The summed E-state index contributed by atoms with van der Waals surface area (Å²) < 4.78 is 27.7. The monoisotopic (exact) mass is 471 g/mol. The molecule has 1 N–H and O–H groups in total. The van der Waals surface area contributed by atoms with E-state index < -0.39 is 10.0 Å². The van der Waals surface area contributed by atoms with Crippen LogP contribution in [0.15, 0.2) is 59.5 Å². The van der Waals surface area contributed by atoms with Gasteiger partial charge in [-0.15, -0.1) is 0 Å². The van der Waals surface area contributed by atoms with Crippen molar-refractivity contribution in [1.29, 1.82) is 0 Å². The van der Waals surface area contributed by atoms with Gasteiger partial charge in [0.05, 0.1) is 10.9 Å². The molecule has 178 valence electrons. The van der Waals surface area contributed by atoms with Gasteiger partial charge in [0.1, 0.15) is 0 Å². The van der Waals surface area contributed by atoms with Crippen LogP contribution in [0, 0.1) is 5.92 Å². The van der Waals surface area contributed by atoms with Crippen molar-refractivity contribution in [3.05, 3.63) is 65.7 Å².